The fourth-order valence-electron chi connectivity index (χ4n) is 10.7. The minimum Gasteiger partial charge on any atom is -0.756 e. The molecule has 0 spiro atoms. The van der Waals surface area contributed by atoms with Gasteiger partial charge in [-0.05, 0) is 75.7 Å². The number of rotatable bonds is 28. The van der Waals surface area contributed by atoms with Crippen LogP contribution in [0, 0.1) is 0 Å². The van der Waals surface area contributed by atoms with Crippen LogP contribution in [0.4, 0.5) is 11.4 Å². The molecule has 7 aromatic rings. The quantitative estimate of drug-likeness (QED) is 0.0228. The second kappa shape index (κ2) is 29.7. The number of carbonyl (C=O) groups is 3. The number of thioether (sulfide) groups is 2. The minimum atomic E-state index is -4.79. The Bertz CT molecular complexity index is 4000. The van der Waals surface area contributed by atoms with E-state index in [0.29, 0.717) is 31.8 Å². The normalized spacial score (nSPS) is 18.4. The number of aromatic nitrogens is 4. The SMILES string of the molecule is COc1ccc2c(c1)N(CC(=O)NCCN(CCNC(=O)/C=C/c1cn(C3CC(OP(=O)([O-])OC(C)C)C(COC(C)C)O3)c(=O)[nH]c1=O)CCNC(=O)CN1/C(=C/c3sc4ccccc4[n+]3C)Sc3ccc(CO)cc31)C(Cc1sc3ccccc3[n+]1C)S2. The first-order valence-electron chi connectivity index (χ1n) is 29.5. The summed E-state index contributed by atoms with van der Waals surface area (Å²) in [6.45, 7) is 8.12. The number of aliphatic hydroxyl groups is 1. The molecule has 90 heavy (non-hydrogen) atoms. The molecular weight excluding hydrogens is 1250 g/mol. The predicted molar refractivity (Wildman–Crippen MR) is 347 cm³/mol. The number of anilines is 2. The van der Waals surface area contributed by atoms with E-state index in [-0.39, 0.29) is 81.2 Å². The zero-order valence-electron chi connectivity index (χ0n) is 51.0. The third-order valence-corrected chi connectivity index (χ3v) is 21.2. The van der Waals surface area contributed by atoms with Crippen molar-refractivity contribution in [2.45, 2.75) is 93.0 Å². The predicted octanol–water partition coefficient (Wildman–Crippen LogP) is 5.56. The highest BCUT2D eigenvalue weighted by atomic mass is 32.2. The topological polar surface area (TPSA) is 266 Å². The number of hydrogen-bond donors (Lipinski definition) is 5. The van der Waals surface area contributed by atoms with Crippen molar-refractivity contribution in [3.63, 3.8) is 0 Å². The first-order chi connectivity index (χ1) is 43.2. The average molecular weight is 1330 g/mol. The molecule has 0 bridgehead atoms. The minimum absolute atomic E-state index is 0.00499. The average Bonchev–Trinajstić information content (AvgIpc) is 2.33. The number of ether oxygens (including phenoxy) is 3. The lowest BCUT2D eigenvalue weighted by atomic mass is 10.2. The van der Waals surface area contributed by atoms with E-state index in [1.165, 1.54) is 22.0 Å². The van der Waals surface area contributed by atoms with Crippen LogP contribution >= 0.6 is 54.0 Å². The Labute approximate surface area is 537 Å². The summed E-state index contributed by atoms with van der Waals surface area (Å²) >= 11 is 6.66. The lowest BCUT2D eigenvalue weighted by molar-refractivity contribution is -0.648. The molecule has 478 valence electrons. The van der Waals surface area contributed by atoms with Crippen LogP contribution in [0.25, 0.3) is 32.6 Å². The molecule has 3 aromatic heterocycles. The lowest BCUT2D eigenvalue weighted by Gasteiger charge is -2.29. The molecule has 0 aliphatic carbocycles. The van der Waals surface area contributed by atoms with E-state index >= 15 is 0 Å². The largest absolute Gasteiger partial charge is 0.756 e. The van der Waals surface area contributed by atoms with E-state index in [4.69, 9.17) is 23.3 Å². The fourth-order valence-corrected chi connectivity index (χ4v) is 16.7. The number of H-pyrrole nitrogens is 1. The maximum absolute atomic E-state index is 14.1. The number of phosphoric ester groups is 1. The highest BCUT2D eigenvalue weighted by molar-refractivity contribution is 8.04. The number of thiazole rings is 2. The second-order valence-electron chi connectivity index (χ2n) is 22.3. The highest BCUT2D eigenvalue weighted by Crippen LogP contribution is 2.49. The first kappa shape index (κ1) is 66.2. The van der Waals surface area contributed by atoms with Gasteiger partial charge in [0.1, 0.15) is 48.1 Å². The summed E-state index contributed by atoms with van der Waals surface area (Å²) in [5, 5.41) is 22.1. The van der Waals surface area contributed by atoms with Gasteiger partial charge in [-0.3, -0.25) is 38.2 Å². The standard InChI is InChI=1S/C62H73N10O13PS4/c1-38(2)82-37-48-47(85-86(79,80)84-39(3)4)30-56(83-48)72-33-41(61(77)66-62(72)78)17-21-53(74)63-22-25-69(26-23-64-54(75)34-70-45-28-40(36-73)16-19-51(45)89-59(70)31-57-67(5)43-12-8-10-14-49(43)87-57)27-24-65-55(76)35-71-46-29-42(81-7)18-20-52(46)90-60(71)32-58-68(6)44-13-9-11-15-50(44)88-58/h8-21,28-29,31,33,38-39,47-48,56,60,73H,22-27,30,32,34-37H2,1-7H3,(H3-2,63,64,65,66,74,75,76,77,78,79,80)/p+1/b21-17+. The van der Waals surface area contributed by atoms with Gasteiger partial charge in [-0.15, -0.1) is 0 Å². The molecule has 4 aromatic carbocycles. The molecule has 3 aliphatic heterocycles. The van der Waals surface area contributed by atoms with Gasteiger partial charge in [0, 0.05) is 86.0 Å². The van der Waals surface area contributed by atoms with Crippen molar-refractivity contribution in [3.8, 4) is 5.75 Å². The Balaban J connectivity index is 0.810. The van der Waals surface area contributed by atoms with Crippen molar-refractivity contribution >= 4 is 116 Å². The van der Waals surface area contributed by atoms with Gasteiger partial charge in [0.05, 0.1) is 85.0 Å². The maximum Gasteiger partial charge on any atom is 0.330 e. The Morgan fingerprint density at radius 1 is 0.867 bits per heavy atom. The molecule has 28 heteroatoms. The van der Waals surface area contributed by atoms with Gasteiger partial charge in [-0.2, -0.15) is 9.13 Å². The third-order valence-electron chi connectivity index (χ3n) is 15.2. The number of para-hydroxylation sites is 2. The zero-order valence-corrected chi connectivity index (χ0v) is 55.1. The van der Waals surface area contributed by atoms with Crippen molar-refractivity contribution in [1.29, 1.82) is 0 Å². The molecule has 5 atom stereocenters. The summed E-state index contributed by atoms with van der Waals surface area (Å²) in [5.41, 5.74) is 3.02. The van der Waals surface area contributed by atoms with Gasteiger partial charge in [0.2, 0.25) is 33.8 Å². The van der Waals surface area contributed by atoms with Crippen LogP contribution < -0.4 is 55.8 Å². The summed E-state index contributed by atoms with van der Waals surface area (Å²) in [6, 6.07) is 28.1. The van der Waals surface area contributed by atoms with E-state index in [2.05, 4.69) is 72.4 Å². The van der Waals surface area contributed by atoms with Crippen LogP contribution in [0.5, 0.6) is 5.75 Å². The summed E-state index contributed by atoms with van der Waals surface area (Å²) in [5.74, 6) is -0.303. The number of carbonyl (C=O) groups excluding carboxylic acids is 3. The van der Waals surface area contributed by atoms with Crippen molar-refractivity contribution in [2.75, 3.05) is 75.9 Å². The van der Waals surface area contributed by atoms with Crippen molar-refractivity contribution in [1.82, 2.24) is 30.4 Å². The number of aromatic amines is 1. The molecule has 3 aliphatic rings. The maximum atomic E-state index is 14.1. The number of phosphoric acid groups is 1. The van der Waals surface area contributed by atoms with Crippen LogP contribution in [-0.2, 0) is 64.6 Å². The monoisotopic (exact) mass is 1330 g/mol. The number of fused-ring (bicyclic) bond motifs is 4. The van der Waals surface area contributed by atoms with E-state index in [1.807, 2.05) is 77.5 Å². The van der Waals surface area contributed by atoms with Crippen LogP contribution in [-0.4, -0.2) is 133 Å². The number of nitrogens with zero attached hydrogens (tertiary/aromatic N) is 6. The number of methoxy groups -OCH3 is 1. The summed E-state index contributed by atoms with van der Waals surface area (Å²) in [7, 11) is 0.915. The van der Waals surface area contributed by atoms with E-state index < -0.39 is 49.5 Å². The molecule has 0 radical (unpaired) electrons. The molecule has 10 rings (SSSR count). The van der Waals surface area contributed by atoms with Crippen LogP contribution in [0.1, 0.15) is 61.5 Å². The van der Waals surface area contributed by atoms with Crippen LogP contribution in [0.15, 0.2) is 122 Å². The number of aliphatic hydroxyl groups excluding tert-OH is 1. The molecule has 1 saturated heterocycles. The number of aryl methyl sites for hydroxylation is 2. The molecule has 5 unspecified atom stereocenters. The summed E-state index contributed by atoms with van der Waals surface area (Å²) < 4.78 is 48.3. The van der Waals surface area contributed by atoms with Gasteiger partial charge in [0.15, 0.2) is 0 Å². The van der Waals surface area contributed by atoms with Crippen LogP contribution in [0.2, 0.25) is 0 Å². The molecule has 3 amide bonds. The lowest BCUT2D eigenvalue weighted by Crippen LogP contribution is -2.46. The van der Waals surface area contributed by atoms with Crippen molar-refractivity contribution in [3.05, 3.63) is 144 Å². The number of hydrogen-bond acceptors (Lipinski definition) is 20. The van der Waals surface area contributed by atoms with E-state index in [0.717, 1.165) is 63.1 Å². The molecule has 23 nitrogen and oxygen atoms in total. The molecular formula is C62H74N10O13PS4+. The number of amides is 3. The van der Waals surface area contributed by atoms with Gasteiger partial charge < -0.3 is 59.0 Å². The molecule has 1 fully saturated rings. The van der Waals surface area contributed by atoms with Gasteiger partial charge >= 0.3 is 5.69 Å². The van der Waals surface area contributed by atoms with Crippen molar-refractivity contribution < 1.29 is 61.3 Å². The molecule has 0 saturated carbocycles. The van der Waals surface area contributed by atoms with Gasteiger partial charge in [0.25, 0.3) is 18.4 Å². The Morgan fingerprint density at radius 3 is 2.22 bits per heavy atom. The third kappa shape index (κ3) is 16.3. The van der Waals surface area contributed by atoms with Gasteiger partial charge in [-0.25, -0.2) is 4.79 Å². The molecule has 5 N–H and O–H groups in total. The smallest absolute Gasteiger partial charge is 0.330 e. The van der Waals surface area contributed by atoms with Gasteiger partial charge in [-0.1, -0.05) is 76.5 Å². The highest BCUT2D eigenvalue weighted by Gasteiger charge is 2.41. The Morgan fingerprint density at radius 2 is 1.54 bits per heavy atom. The number of nitrogens with one attached hydrogen (secondary N) is 4. The summed E-state index contributed by atoms with van der Waals surface area (Å²) in [4.78, 5) is 91.0. The summed E-state index contributed by atoms with van der Waals surface area (Å²) in [6.07, 6.45) is 2.29. The Kier molecular flexibility index (Phi) is 21.9. The molecule has 6 heterocycles. The first-order valence-corrected chi connectivity index (χ1v) is 34.3. The second-order valence-corrected chi connectivity index (χ2v) is 28.0. The fraction of sp³-hybridized carbons (Fsp3) is 0.403. The van der Waals surface area contributed by atoms with Crippen molar-refractivity contribution in [2.24, 2.45) is 14.1 Å². The van der Waals surface area contributed by atoms with E-state index in [1.54, 1.807) is 81.0 Å². The Hall–Kier alpha value is -6.72. The zero-order chi connectivity index (χ0) is 63.8. The van der Waals surface area contributed by atoms with Crippen LogP contribution in [0.3, 0.4) is 0 Å². The number of benzene rings is 4. The van der Waals surface area contributed by atoms with E-state index in [9.17, 15) is 38.5 Å².